The Kier molecular flexibility index (Phi) is 5.34. The highest BCUT2D eigenvalue weighted by Crippen LogP contribution is 2.27. The van der Waals surface area contributed by atoms with Crippen molar-refractivity contribution in [2.24, 2.45) is 0 Å². The second kappa shape index (κ2) is 6.55. The first-order valence-electron chi connectivity index (χ1n) is 5.46. The zero-order valence-corrected chi connectivity index (χ0v) is 10.5. The summed E-state index contributed by atoms with van der Waals surface area (Å²) in [5.74, 6) is 0.873. The lowest BCUT2D eigenvalue weighted by atomic mass is 9.93. The molecule has 1 aromatic rings. The molecule has 16 heavy (non-hydrogen) atoms. The van der Waals surface area contributed by atoms with Crippen molar-refractivity contribution in [1.82, 2.24) is 0 Å². The van der Waals surface area contributed by atoms with Gasteiger partial charge in [-0.3, -0.25) is 0 Å². The Labute approximate surface area is 101 Å². The van der Waals surface area contributed by atoms with Crippen LogP contribution in [0.2, 0.25) is 0 Å². The average Bonchev–Trinajstić information content (AvgIpc) is 2.26. The van der Waals surface area contributed by atoms with Crippen LogP contribution in [-0.2, 0) is 0 Å². The summed E-state index contributed by atoms with van der Waals surface area (Å²) >= 11 is 1.24. The van der Waals surface area contributed by atoms with E-state index >= 15 is 0 Å². The Balaban J connectivity index is 2.75. The molecular weight excluding hydrogens is 221 g/mol. The predicted octanol–water partition coefficient (Wildman–Crippen LogP) is 4.23. The van der Waals surface area contributed by atoms with E-state index in [9.17, 15) is 4.39 Å². The van der Waals surface area contributed by atoms with Gasteiger partial charge < -0.3 is 0 Å². The van der Waals surface area contributed by atoms with Gasteiger partial charge in [0.1, 0.15) is 11.2 Å². The molecule has 0 saturated heterocycles. The number of hydrogen-bond acceptors (Lipinski definition) is 2. The number of aryl methyl sites for hydroxylation is 1. The van der Waals surface area contributed by atoms with Gasteiger partial charge in [0.05, 0.1) is 0 Å². The van der Waals surface area contributed by atoms with E-state index in [1.165, 1.54) is 11.8 Å². The van der Waals surface area contributed by atoms with Gasteiger partial charge in [0, 0.05) is 5.75 Å². The highest BCUT2D eigenvalue weighted by molar-refractivity contribution is 8.03. The number of thiocyanates is 1. The molecule has 0 aliphatic heterocycles. The molecule has 86 valence electrons. The fourth-order valence-electron chi connectivity index (χ4n) is 1.79. The molecule has 1 nitrogen and oxygen atoms in total. The van der Waals surface area contributed by atoms with Gasteiger partial charge in [0.2, 0.25) is 0 Å². The van der Waals surface area contributed by atoms with Gasteiger partial charge in [-0.2, -0.15) is 5.26 Å². The summed E-state index contributed by atoms with van der Waals surface area (Å²) in [6.45, 7) is 3.94. The topological polar surface area (TPSA) is 23.8 Å². The smallest absolute Gasteiger partial charge is 0.133 e. The van der Waals surface area contributed by atoms with Crippen LogP contribution >= 0.6 is 11.8 Å². The van der Waals surface area contributed by atoms with Crippen molar-refractivity contribution in [3.05, 3.63) is 35.1 Å². The number of rotatable bonds is 5. The third kappa shape index (κ3) is 3.53. The molecule has 0 heterocycles. The van der Waals surface area contributed by atoms with Crippen molar-refractivity contribution in [1.29, 1.82) is 5.26 Å². The average molecular weight is 237 g/mol. The van der Waals surface area contributed by atoms with E-state index in [4.69, 9.17) is 5.26 Å². The molecule has 1 aromatic carbocycles. The van der Waals surface area contributed by atoms with Gasteiger partial charge in [0.15, 0.2) is 0 Å². The van der Waals surface area contributed by atoms with E-state index in [2.05, 4.69) is 6.92 Å². The Morgan fingerprint density at radius 2 is 2.25 bits per heavy atom. The van der Waals surface area contributed by atoms with Crippen molar-refractivity contribution in [3.8, 4) is 5.40 Å². The van der Waals surface area contributed by atoms with Crippen LogP contribution in [0.1, 0.15) is 36.8 Å². The summed E-state index contributed by atoms with van der Waals surface area (Å²) in [6, 6.07) is 5.39. The molecule has 0 amide bonds. The molecule has 0 aliphatic rings. The number of halogens is 1. The number of hydrogen-bond donors (Lipinski definition) is 0. The molecule has 0 bridgehead atoms. The van der Waals surface area contributed by atoms with E-state index in [-0.39, 0.29) is 11.7 Å². The van der Waals surface area contributed by atoms with Crippen molar-refractivity contribution >= 4 is 11.8 Å². The monoisotopic (exact) mass is 237 g/mol. The van der Waals surface area contributed by atoms with Gasteiger partial charge in [-0.05, 0) is 54.6 Å². The maximum absolute atomic E-state index is 13.7. The van der Waals surface area contributed by atoms with Crippen LogP contribution in [-0.4, -0.2) is 5.75 Å². The standard InChI is InChI=1S/C13H16FNS/c1-3-11(6-7-16-9-15)12-5-4-10(2)8-13(12)14/h4-5,8,11H,3,6-7H2,1-2H3. The minimum absolute atomic E-state index is 0.117. The highest BCUT2D eigenvalue weighted by Gasteiger charge is 2.13. The van der Waals surface area contributed by atoms with Crippen LogP contribution in [0, 0.1) is 23.4 Å². The Morgan fingerprint density at radius 1 is 1.50 bits per heavy atom. The van der Waals surface area contributed by atoms with Crippen LogP contribution in [0.5, 0.6) is 0 Å². The summed E-state index contributed by atoms with van der Waals surface area (Å²) in [6.07, 6.45) is 1.76. The van der Waals surface area contributed by atoms with E-state index in [0.29, 0.717) is 0 Å². The van der Waals surface area contributed by atoms with E-state index in [1.54, 1.807) is 6.07 Å². The second-order valence-corrected chi connectivity index (χ2v) is 4.74. The van der Waals surface area contributed by atoms with E-state index < -0.39 is 0 Å². The maximum atomic E-state index is 13.7. The summed E-state index contributed by atoms with van der Waals surface area (Å²) in [5.41, 5.74) is 1.73. The third-order valence-electron chi connectivity index (χ3n) is 2.72. The molecule has 1 atom stereocenters. The number of nitrogens with zero attached hydrogens (tertiary/aromatic N) is 1. The predicted molar refractivity (Wildman–Crippen MR) is 66.9 cm³/mol. The minimum Gasteiger partial charge on any atom is -0.207 e. The van der Waals surface area contributed by atoms with Crippen molar-refractivity contribution in [3.63, 3.8) is 0 Å². The lowest BCUT2D eigenvalue weighted by Crippen LogP contribution is -2.02. The Morgan fingerprint density at radius 3 is 2.81 bits per heavy atom. The summed E-state index contributed by atoms with van der Waals surface area (Å²) in [7, 11) is 0. The molecular formula is C13H16FNS. The Hall–Kier alpha value is -1.01. The summed E-state index contributed by atoms with van der Waals surface area (Å²) in [4.78, 5) is 0. The van der Waals surface area contributed by atoms with Crippen LogP contribution in [0.15, 0.2) is 18.2 Å². The SMILES string of the molecule is CCC(CCSC#N)c1ccc(C)cc1F. The van der Waals surface area contributed by atoms with Crippen LogP contribution in [0.3, 0.4) is 0 Å². The second-order valence-electron chi connectivity index (χ2n) is 3.86. The third-order valence-corrected chi connectivity index (χ3v) is 3.29. The lowest BCUT2D eigenvalue weighted by Gasteiger charge is -2.15. The quantitative estimate of drug-likeness (QED) is 0.565. The zero-order valence-electron chi connectivity index (χ0n) is 9.66. The van der Waals surface area contributed by atoms with Crippen LogP contribution in [0.4, 0.5) is 4.39 Å². The maximum Gasteiger partial charge on any atom is 0.133 e. The minimum atomic E-state index is -0.117. The lowest BCUT2D eigenvalue weighted by molar-refractivity contribution is 0.559. The largest absolute Gasteiger partial charge is 0.207 e. The summed E-state index contributed by atoms with van der Waals surface area (Å²) in [5, 5.41) is 10.5. The zero-order chi connectivity index (χ0) is 12.0. The number of nitriles is 1. The molecule has 0 aliphatic carbocycles. The summed E-state index contributed by atoms with van der Waals surface area (Å²) < 4.78 is 13.7. The van der Waals surface area contributed by atoms with Crippen molar-refractivity contribution in [2.75, 3.05) is 5.75 Å². The van der Waals surface area contributed by atoms with Crippen LogP contribution in [0.25, 0.3) is 0 Å². The highest BCUT2D eigenvalue weighted by atomic mass is 32.2. The van der Waals surface area contributed by atoms with E-state index in [0.717, 1.165) is 29.7 Å². The molecule has 1 rings (SSSR count). The fraction of sp³-hybridized carbons (Fsp3) is 0.462. The van der Waals surface area contributed by atoms with E-state index in [1.807, 2.05) is 24.5 Å². The first-order valence-corrected chi connectivity index (χ1v) is 6.44. The van der Waals surface area contributed by atoms with Crippen molar-refractivity contribution in [2.45, 2.75) is 32.6 Å². The number of thioether (sulfide) groups is 1. The van der Waals surface area contributed by atoms with Gasteiger partial charge in [-0.25, -0.2) is 4.39 Å². The molecule has 3 heteroatoms. The molecule has 0 aromatic heterocycles. The molecule has 0 N–H and O–H groups in total. The first kappa shape index (κ1) is 13.1. The van der Waals surface area contributed by atoms with Gasteiger partial charge >= 0.3 is 0 Å². The molecule has 0 spiro atoms. The van der Waals surface area contributed by atoms with Gasteiger partial charge in [0.25, 0.3) is 0 Å². The first-order chi connectivity index (χ1) is 7.69. The normalized spacial score (nSPS) is 12.1. The molecule has 0 saturated carbocycles. The Bertz CT molecular complexity index is 384. The molecule has 0 radical (unpaired) electrons. The molecule has 0 fully saturated rings. The van der Waals surface area contributed by atoms with Crippen molar-refractivity contribution < 1.29 is 4.39 Å². The molecule has 1 unspecified atom stereocenters. The number of benzene rings is 1. The fourth-order valence-corrected chi connectivity index (χ4v) is 2.28. The van der Waals surface area contributed by atoms with Crippen LogP contribution < -0.4 is 0 Å². The van der Waals surface area contributed by atoms with Gasteiger partial charge in [-0.15, -0.1) is 0 Å². The van der Waals surface area contributed by atoms with Gasteiger partial charge in [-0.1, -0.05) is 19.1 Å².